The smallest absolute Gasteiger partial charge is 0.265 e. The largest absolute Gasteiger partial charge is 0.366 e. The molecule has 1 aromatic heterocycles. The molecule has 3 N–H and O–H groups in total. The zero-order chi connectivity index (χ0) is 13.1. The molecule has 4 nitrogen and oxygen atoms in total. The van der Waals surface area contributed by atoms with Crippen LogP contribution in [0.5, 0.6) is 0 Å². The van der Waals surface area contributed by atoms with Crippen LogP contribution in [0.15, 0.2) is 36.4 Å². The molecule has 0 saturated heterocycles. The van der Waals surface area contributed by atoms with E-state index >= 15 is 0 Å². The summed E-state index contributed by atoms with van der Waals surface area (Å²) in [4.78, 5) is 23.2. The predicted molar refractivity (Wildman–Crippen MR) is 72.2 cm³/mol. The van der Waals surface area contributed by atoms with E-state index in [9.17, 15) is 9.59 Å². The van der Waals surface area contributed by atoms with Gasteiger partial charge in [0, 0.05) is 11.3 Å². The molecule has 2 rings (SSSR count). The molecule has 6 heteroatoms. The summed E-state index contributed by atoms with van der Waals surface area (Å²) >= 11 is 6.95. The molecule has 0 fully saturated rings. The van der Waals surface area contributed by atoms with Crippen molar-refractivity contribution < 1.29 is 9.59 Å². The van der Waals surface area contributed by atoms with E-state index in [0.717, 1.165) is 0 Å². The topological polar surface area (TPSA) is 72.2 Å². The summed E-state index contributed by atoms with van der Waals surface area (Å²) in [6.45, 7) is 0. The van der Waals surface area contributed by atoms with Crippen molar-refractivity contribution in [3.8, 4) is 0 Å². The number of carbonyl (C=O) groups is 2. The summed E-state index contributed by atoms with van der Waals surface area (Å²) in [6, 6.07) is 9.66. The van der Waals surface area contributed by atoms with Crippen molar-refractivity contribution in [2.75, 3.05) is 5.32 Å². The van der Waals surface area contributed by atoms with Crippen LogP contribution in [-0.2, 0) is 0 Å². The van der Waals surface area contributed by atoms with Crippen LogP contribution >= 0.6 is 22.9 Å². The minimum Gasteiger partial charge on any atom is -0.366 e. The maximum atomic E-state index is 11.8. The Bertz CT molecular complexity index is 592. The summed E-state index contributed by atoms with van der Waals surface area (Å²) in [5.41, 5.74) is 6.11. The van der Waals surface area contributed by atoms with Crippen LogP contribution in [0, 0.1) is 0 Å². The number of nitrogens with two attached hydrogens (primary N) is 1. The highest BCUT2D eigenvalue weighted by Gasteiger charge is 2.09. The van der Waals surface area contributed by atoms with E-state index in [2.05, 4.69) is 5.32 Å². The Kier molecular flexibility index (Phi) is 3.64. The standard InChI is InChI=1S/C12H9ClN2O2S/c13-10-6-5-9(18-10)12(17)15-8-3-1-7(2-4-8)11(14)16/h1-6H,(H2,14,16)(H,15,17). The number of benzene rings is 1. The van der Waals surface area contributed by atoms with Gasteiger partial charge < -0.3 is 11.1 Å². The normalized spacial score (nSPS) is 10.1. The molecule has 18 heavy (non-hydrogen) atoms. The van der Waals surface area contributed by atoms with Gasteiger partial charge >= 0.3 is 0 Å². The van der Waals surface area contributed by atoms with Crippen LogP contribution in [0.2, 0.25) is 4.34 Å². The third kappa shape index (κ3) is 2.88. The summed E-state index contributed by atoms with van der Waals surface area (Å²) in [7, 11) is 0. The van der Waals surface area contributed by atoms with Crippen LogP contribution in [0.3, 0.4) is 0 Å². The van der Waals surface area contributed by atoms with Crippen molar-refractivity contribution in [2.24, 2.45) is 5.73 Å². The summed E-state index contributed by atoms with van der Waals surface area (Å²) in [5, 5.41) is 2.70. The van der Waals surface area contributed by atoms with Gasteiger partial charge in [-0.15, -0.1) is 11.3 Å². The summed E-state index contributed by atoms with van der Waals surface area (Å²) in [5.74, 6) is -0.739. The van der Waals surface area contributed by atoms with Gasteiger partial charge in [0.05, 0.1) is 9.21 Å². The first-order chi connectivity index (χ1) is 8.56. The molecule has 1 heterocycles. The van der Waals surface area contributed by atoms with Gasteiger partial charge in [0.2, 0.25) is 5.91 Å². The molecule has 2 amide bonds. The van der Waals surface area contributed by atoms with Gasteiger partial charge in [-0.05, 0) is 36.4 Å². The molecular formula is C12H9ClN2O2S. The molecule has 0 saturated carbocycles. The maximum absolute atomic E-state index is 11.8. The average molecular weight is 281 g/mol. The third-order valence-corrected chi connectivity index (χ3v) is 3.45. The van der Waals surface area contributed by atoms with Gasteiger partial charge in [-0.25, -0.2) is 0 Å². The Morgan fingerprint density at radius 2 is 1.78 bits per heavy atom. The van der Waals surface area contributed by atoms with Gasteiger partial charge in [0.1, 0.15) is 0 Å². The van der Waals surface area contributed by atoms with Crippen molar-refractivity contribution in [2.45, 2.75) is 0 Å². The Morgan fingerprint density at radius 1 is 1.11 bits per heavy atom. The van der Waals surface area contributed by atoms with Crippen molar-refractivity contribution in [3.63, 3.8) is 0 Å². The van der Waals surface area contributed by atoms with Gasteiger partial charge in [-0.2, -0.15) is 0 Å². The maximum Gasteiger partial charge on any atom is 0.265 e. The van der Waals surface area contributed by atoms with E-state index in [0.29, 0.717) is 20.5 Å². The quantitative estimate of drug-likeness (QED) is 0.907. The molecule has 0 bridgehead atoms. The molecule has 0 unspecified atom stereocenters. The summed E-state index contributed by atoms with van der Waals surface area (Å²) < 4.78 is 0.559. The predicted octanol–water partition coefficient (Wildman–Crippen LogP) is 2.75. The average Bonchev–Trinajstić information content (AvgIpc) is 2.76. The van der Waals surface area contributed by atoms with E-state index in [4.69, 9.17) is 17.3 Å². The zero-order valence-electron chi connectivity index (χ0n) is 9.14. The number of thiophene rings is 1. The minimum atomic E-state index is -0.502. The fraction of sp³-hybridized carbons (Fsp3) is 0. The lowest BCUT2D eigenvalue weighted by Crippen LogP contribution is -2.12. The minimum absolute atomic E-state index is 0.237. The fourth-order valence-electron chi connectivity index (χ4n) is 1.35. The zero-order valence-corrected chi connectivity index (χ0v) is 10.7. The second kappa shape index (κ2) is 5.20. The number of hydrogen-bond acceptors (Lipinski definition) is 3. The number of rotatable bonds is 3. The molecule has 0 radical (unpaired) electrons. The molecule has 0 atom stereocenters. The number of anilines is 1. The second-order valence-electron chi connectivity index (χ2n) is 3.50. The number of carbonyl (C=O) groups excluding carboxylic acids is 2. The first-order valence-corrected chi connectivity index (χ1v) is 6.22. The molecule has 0 spiro atoms. The molecule has 0 aliphatic rings. The van der Waals surface area contributed by atoms with Gasteiger partial charge in [0.25, 0.3) is 5.91 Å². The highest BCUT2D eigenvalue weighted by atomic mass is 35.5. The fourth-order valence-corrected chi connectivity index (χ4v) is 2.29. The molecule has 0 aliphatic carbocycles. The van der Waals surface area contributed by atoms with Crippen molar-refractivity contribution in [1.82, 2.24) is 0 Å². The van der Waals surface area contributed by atoms with E-state index < -0.39 is 5.91 Å². The lowest BCUT2D eigenvalue weighted by atomic mass is 10.2. The van der Waals surface area contributed by atoms with Gasteiger partial charge in [-0.3, -0.25) is 9.59 Å². The van der Waals surface area contributed by atoms with Crippen molar-refractivity contribution in [1.29, 1.82) is 0 Å². The lowest BCUT2D eigenvalue weighted by molar-refractivity contribution is 0.0998. The molecule has 0 aliphatic heterocycles. The van der Waals surface area contributed by atoms with Crippen LogP contribution in [0.25, 0.3) is 0 Å². The first kappa shape index (κ1) is 12.6. The number of primary amides is 1. The SMILES string of the molecule is NC(=O)c1ccc(NC(=O)c2ccc(Cl)s2)cc1. The molecule has 92 valence electrons. The van der Waals surface area contributed by atoms with E-state index in [1.165, 1.54) is 11.3 Å². The Balaban J connectivity index is 2.10. The second-order valence-corrected chi connectivity index (χ2v) is 5.21. The van der Waals surface area contributed by atoms with E-state index in [1.54, 1.807) is 36.4 Å². The van der Waals surface area contributed by atoms with Crippen LogP contribution in [-0.4, -0.2) is 11.8 Å². The first-order valence-electron chi connectivity index (χ1n) is 5.03. The van der Waals surface area contributed by atoms with E-state index in [-0.39, 0.29) is 5.91 Å². The number of halogens is 1. The Hall–Kier alpha value is -1.85. The van der Waals surface area contributed by atoms with E-state index in [1.807, 2.05) is 0 Å². The highest BCUT2D eigenvalue weighted by Crippen LogP contribution is 2.22. The summed E-state index contributed by atoms with van der Waals surface area (Å²) in [6.07, 6.45) is 0. The Morgan fingerprint density at radius 3 is 2.28 bits per heavy atom. The monoisotopic (exact) mass is 280 g/mol. The molecular weight excluding hydrogens is 272 g/mol. The van der Waals surface area contributed by atoms with Crippen LogP contribution < -0.4 is 11.1 Å². The van der Waals surface area contributed by atoms with Crippen molar-refractivity contribution in [3.05, 3.63) is 51.2 Å². The number of amides is 2. The molecule has 1 aromatic carbocycles. The van der Waals surface area contributed by atoms with Crippen LogP contribution in [0.1, 0.15) is 20.0 Å². The van der Waals surface area contributed by atoms with Crippen LogP contribution in [0.4, 0.5) is 5.69 Å². The Labute approximate surface area is 112 Å². The van der Waals surface area contributed by atoms with Gasteiger partial charge in [-0.1, -0.05) is 11.6 Å². The lowest BCUT2D eigenvalue weighted by Gasteiger charge is -2.03. The third-order valence-electron chi connectivity index (χ3n) is 2.22. The molecule has 2 aromatic rings. The van der Waals surface area contributed by atoms with Gasteiger partial charge in [0.15, 0.2) is 0 Å². The highest BCUT2D eigenvalue weighted by molar-refractivity contribution is 7.18. The number of hydrogen-bond donors (Lipinski definition) is 2. The number of nitrogens with one attached hydrogen (secondary N) is 1. The van der Waals surface area contributed by atoms with Crippen molar-refractivity contribution >= 4 is 40.4 Å².